The summed E-state index contributed by atoms with van der Waals surface area (Å²) in [5.41, 5.74) is -1.10. The number of fused-ring (bicyclic) bond motifs is 3. The molecular formula is C16H23NO4. The summed E-state index contributed by atoms with van der Waals surface area (Å²) in [6.45, 7) is 2.91. The summed E-state index contributed by atoms with van der Waals surface area (Å²) in [6.07, 6.45) is 2.61. The molecule has 21 heavy (non-hydrogen) atoms. The lowest BCUT2D eigenvalue weighted by molar-refractivity contribution is -0.154. The first kappa shape index (κ1) is 13.0. The predicted molar refractivity (Wildman–Crippen MR) is 73.0 cm³/mol. The zero-order chi connectivity index (χ0) is 14.6. The van der Waals surface area contributed by atoms with E-state index in [1.807, 2.05) is 12.0 Å². The number of rotatable bonds is 0. The number of hydrogen-bond donors (Lipinski definition) is 2. The average Bonchev–Trinajstić information content (AvgIpc) is 3.17. The Labute approximate surface area is 124 Å². The lowest BCUT2D eigenvalue weighted by Gasteiger charge is -2.49. The fourth-order valence-corrected chi connectivity index (χ4v) is 6.96. The molecule has 0 aromatic carbocycles. The van der Waals surface area contributed by atoms with E-state index in [4.69, 9.17) is 4.84 Å². The standard InChI is InChI=1S/C16H23NO4/c1-8-2-3-9-12(18)14(20)16-10(17-7-5-11(16)21-17)4-6-15(9,16)13(8)19/h8-12,14,18,20H,2-7H2,1H3/t8-,9?,10?,11?,12+,14+,15+,16+/m0/s1. The molecule has 5 rings (SSSR count). The first-order valence-electron chi connectivity index (χ1n) is 8.39. The first-order chi connectivity index (χ1) is 10.0. The van der Waals surface area contributed by atoms with Crippen molar-refractivity contribution in [3.05, 3.63) is 0 Å². The molecule has 0 aromatic rings. The van der Waals surface area contributed by atoms with E-state index in [9.17, 15) is 15.0 Å². The van der Waals surface area contributed by atoms with Crippen molar-refractivity contribution in [1.29, 1.82) is 0 Å². The molecule has 5 fully saturated rings. The molecule has 0 radical (unpaired) electrons. The molecule has 2 spiro atoms. The minimum absolute atomic E-state index is 0.0449. The van der Waals surface area contributed by atoms with E-state index in [-0.39, 0.29) is 29.8 Å². The second kappa shape index (κ2) is 3.70. The number of nitrogens with zero attached hydrogens (tertiary/aromatic N) is 1. The minimum Gasteiger partial charge on any atom is -0.390 e. The van der Waals surface area contributed by atoms with Gasteiger partial charge in [-0.1, -0.05) is 6.92 Å². The van der Waals surface area contributed by atoms with Crippen molar-refractivity contribution in [3.63, 3.8) is 0 Å². The van der Waals surface area contributed by atoms with Gasteiger partial charge in [0.05, 0.1) is 23.7 Å². The molecule has 5 heteroatoms. The van der Waals surface area contributed by atoms with Gasteiger partial charge < -0.3 is 10.2 Å². The van der Waals surface area contributed by atoms with Crippen LogP contribution in [0.15, 0.2) is 0 Å². The summed E-state index contributed by atoms with van der Waals surface area (Å²) in [5, 5.41) is 23.7. The number of aliphatic hydroxyl groups is 2. The van der Waals surface area contributed by atoms with Gasteiger partial charge in [0.1, 0.15) is 5.78 Å². The third-order valence-corrected chi connectivity index (χ3v) is 7.55. The fourth-order valence-electron chi connectivity index (χ4n) is 6.96. The molecule has 2 heterocycles. The molecule has 0 aromatic heterocycles. The van der Waals surface area contributed by atoms with E-state index in [1.165, 1.54) is 0 Å². The van der Waals surface area contributed by atoms with E-state index in [0.29, 0.717) is 0 Å². The number of piperidine rings is 1. The Morgan fingerprint density at radius 1 is 1.24 bits per heavy atom. The van der Waals surface area contributed by atoms with Gasteiger partial charge in [-0.05, 0) is 32.1 Å². The molecule has 2 aliphatic heterocycles. The normalized spacial score (nSPS) is 64.5. The second-order valence-corrected chi connectivity index (χ2v) is 7.87. The van der Waals surface area contributed by atoms with Crippen LogP contribution in [0.1, 0.15) is 39.0 Å². The van der Waals surface area contributed by atoms with Crippen molar-refractivity contribution in [2.45, 2.75) is 63.4 Å². The van der Waals surface area contributed by atoms with Crippen LogP contribution in [0.25, 0.3) is 0 Å². The summed E-state index contributed by atoms with van der Waals surface area (Å²) >= 11 is 0. The van der Waals surface area contributed by atoms with Gasteiger partial charge in [-0.3, -0.25) is 9.63 Å². The van der Waals surface area contributed by atoms with E-state index < -0.39 is 23.0 Å². The Kier molecular flexibility index (Phi) is 2.29. The van der Waals surface area contributed by atoms with Crippen LogP contribution < -0.4 is 0 Å². The molecule has 2 bridgehead atoms. The molecule has 5 aliphatic rings. The minimum atomic E-state index is -0.820. The van der Waals surface area contributed by atoms with Crippen molar-refractivity contribution in [3.8, 4) is 0 Å². The van der Waals surface area contributed by atoms with Crippen molar-refractivity contribution in [2.75, 3.05) is 6.54 Å². The summed E-state index contributed by atoms with van der Waals surface area (Å²) in [5.74, 6) is 0.253. The highest BCUT2D eigenvalue weighted by Gasteiger charge is 2.83. The van der Waals surface area contributed by atoms with Gasteiger partial charge in [0.25, 0.3) is 0 Å². The molecule has 9 atom stereocenters. The first-order valence-corrected chi connectivity index (χ1v) is 8.39. The largest absolute Gasteiger partial charge is 0.390 e. The van der Waals surface area contributed by atoms with Gasteiger partial charge >= 0.3 is 0 Å². The van der Waals surface area contributed by atoms with Crippen molar-refractivity contribution in [1.82, 2.24) is 5.06 Å². The Bertz CT molecular complexity index is 524. The molecule has 2 saturated heterocycles. The molecule has 5 nitrogen and oxygen atoms in total. The van der Waals surface area contributed by atoms with Crippen LogP contribution in [0, 0.1) is 22.7 Å². The predicted octanol–water partition coefficient (Wildman–Crippen LogP) is 0.492. The van der Waals surface area contributed by atoms with Crippen LogP contribution in [-0.4, -0.2) is 52.0 Å². The SMILES string of the molecule is C[C@H]1CCC2[C@@H](O)[C@@H](O)[C@]34C5CCN(O5)C3CC[C@]24C1=O. The highest BCUT2D eigenvalue weighted by Crippen LogP contribution is 2.74. The number of Topliss-reactive ketones (excluding diaryl/α,β-unsaturated/α-hetero) is 1. The zero-order valence-electron chi connectivity index (χ0n) is 12.4. The molecule has 2 N–H and O–H groups in total. The lowest BCUT2D eigenvalue weighted by atomic mass is 9.52. The third kappa shape index (κ3) is 1.08. The van der Waals surface area contributed by atoms with E-state index in [0.717, 1.165) is 38.6 Å². The average molecular weight is 293 g/mol. The van der Waals surface area contributed by atoms with Gasteiger partial charge in [-0.15, -0.1) is 0 Å². The smallest absolute Gasteiger partial charge is 0.143 e. The van der Waals surface area contributed by atoms with Gasteiger partial charge in [0, 0.05) is 29.8 Å². The summed E-state index contributed by atoms with van der Waals surface area (Å²) in [4.78, 5) is 19.2. The third-order valence-electron chi connectivity index (χ3n) is 7.55. The Balaban J connectivity index is 1.75. The monoisotopic (exact) mass is 293 g/mol. The van der Waals surface area contributed by atoms with Crippen molar-refractivity contribution < 1.29 is 19.8 Å². The Hall–Kier alpha value is -0.490. The molecular weight excluding hydrogens is 270 g/mol. The van der Waals surface area contributed by atoms with Gasteiger partial charge in [0.15, 0.2) is 0 Å². The maximum absolute atomic E-state index is 13.2. The van der Waals surface area contributed by atoms with Crippen LogP contribution in [0.3, 0.4) is 0 Å². The van der Waals surface area contributed by atoms with E-state index in [2.05, 4.69) is 0 Å². The van der Waals surface area contributed by atoms with Crippen molar-refractivity contribution >= 4 is 5.78 Å². The molecule has 0 amide bonds. The van der Waals surface area contributed by atoms with E-state index >= 15 is 0 Å². The maximum atomic E-state index is 13.2. The molecule has 4 unspecified atom stereocenters. The van der Waals surface area contributed by atoms with Gasteiger partial charge in [-0.25, -0.2) is 0 Å². The number of aliphatic hydroxyl groups excluding tert-OH is 2. The second-order valence-electron chi connectivity index (χ2n) is 7.87. The number of carbonyl (C=O) groups excluding carboxylic acids is 1. The topological polar surface area (TPSA) is 70.0 Å². The number of hydrogen-bond acceptors (Lipinski definition) is 5. The Morgan fingerprint density at radius 3 is 2.86 bits per heavy atom. The van der Waals surface area contributed by atoms with E-state index in [1.54, 1.807) is 0 Å². The van der Waals surface area contributed by atoms with Crippen LogP contribution in [0.2, 0.25) is 0 Å². The van der Waals surface area contributed by atoms with Crippen molar-refractivity contribution in [2.24, 2.45) is 22.7 Å². The highest BCUT2D eigenvalue weighted by molar-refractivity contribution is 5.90. The number of hydroxylamine groups is 2. The number of carbonyl (C=O) groups is 1. The molecule has 3 saturated carbocycles. The number of ketones is 1. The summed E-state index contributed by atoms with van der Waals surface area (Å²) in [6, 6.07) is 0.111. The maximum Gasteiger partial charge on any atom is 0.143 e. The van der Waals surface area contributed by atoms with Crippen LogP contribution in [-0.2, 0) is 9.63 Å². The summed E-state index contributed by atoms with van der Waals surface area (Å²) < 4.78 is 0. The molecule has 116 valence electrons. The molecule has 3 aliphatic carbocycles. The van der Waals surface area contributed by atoms with Gasteiger partial charge in [0.2, 0.25) is 0 Å². The van der Waals surface area contributed by atoms with Crippen LogP contribution >= 0.6 is 0 Å². The van der Waals surface area contributed by atoms with Crippen LogP contribution in [0.4, 0.5) is 0 Å². The zero-order valence-corrected chi connectivity index (χ0v) is 12.4. The Morgan fingerprint density at radius 2 is 2.05 bits per heavy atom. The quantitative estimate of drug-likeness (QED) is 0.680. The van der Waals surface area contributed by atoms with Crippen LogP contribution in [0.5, 0.6) is 0 Å². The fraction of sp³-hybridized carbons (Fsp3) is 0.938. The van der Waals surface area contributed by atoms with Gasteiger partial charge in [-0.2, -0.15) is 5.06 Å². The highest BCUT2D eigenvalue weighted by atomic mass is 16.7. The lowest BCUT2D eigenvalue weighted by Crippen LogP contribution is -2.60. The summed E-state index contributed by atoms with van der Waals surface area (Å²) in [7, 11) is 0.